The number of rotatable bonds is 7. The second kappa shape index (κ2) is 5.94. The topological polar surface area (TPSA) is 54.4 Å². The third kappa shape index (κ3) is 7.48. The molecule has 0 heterocycles. The van der Waals surface area contributed by atoms with Crippen LogP contribution in [0, 0.1) is 0 Å². The Hall–Kier alpha value is -0.440. The van der Waals surface area contributed by atoms with Crippen LogP contribution >= 0.6 is 0 Å². The Bertz CT molecular complexity index is 323. The van der Waals surface area contributed by atoms with Crippen LogP contribution in [0.25, 0.3) is 0 Å². The average molecular weight is 284 g/mol. The van der Waals surface area contributed by atoms with E-state index >= 15 is 0 Å². The summed E-state index contributed by atoms with van der Waals surface area (Å²) >= 11 is 0. The molecule has 0 saturated heterocycles. The maximum absolute atomic E-state index is 12.6. The number of halogens is 5. The van der Waals surface area contributed by atoms with Crippen LogP contribution in [0.3, 0.4) is 0 Å². The molecule has 0 unspecified atom stereocenters. The molecular weight excluding hydrogens is 271 g/mol. The van der Waals surface area contributed by atoms with Gasteiger partial charge in [-0.15, -0.1) is 0 Å². The highest BCUT2D eigenvalue weighted by Gasteiger charge is 2.42. The van der Waals surface area contributed by atoms with Crippen LogP contribution < -0.4 is 0 Å². The molecule has 0 atom stereocenters. The molecule has 0 saturated carbocycles. The molecular formula is C8H13F5O3S. The Labute approximate surface area is 95.8 Å². The van der Waals surface area contributed by atoms with E-state index in [1.807, 2.05) is 0 Å². The van der Waals surface area contributed by atoms with Gasteiger partial charge in [-0.1, -0.05) is 12.8 Å². The number of hydrogen-bond donors (Lipinski definition) is 1. The fourth-order valence-corrected chi connectivity index (χ4v) is 1.54. The molecule has 0 spiro atoms. The standard InChI is InChI=1S/C8H13F5O3S/c9-7(10,11)5-3-1-2-4-6-8(12,13)17(14,15)16/h1-6H2,(H,14,15,16). The molecule has 0 bridgehead atoms. The van der Waals surface area contributed by atoms with Gasteiger partial charge < -0.3 is 0 Å². The lowest BCUT2D eigenvalue weighted by atomic mass is 10.1. The maximum atomic E-state index is 12.6. The summed E-state index contributed by atoms with van der Waals surface area (Å²) in [6, 6.07) is 0. The number of unbranched alkanes of at least 4 members (excludes halogenated alkanes) is 3. The van der Waals surface area contributed by atoms with Crippen molar-refractivity contribution in [3.8, 4) is 0 Å². The van der Waals surface area contributed by atoms with Crippen molar-refractivity contribution in [3.05, 3.63) is 0 Å². The first kappa shape index (κ1) is 16.6. The van der Waals surface area contributed by atoms with Crippen molar-refractivity contribution in [3.63, 3.8) is 0 Å². The Balaban J connectivity index is 3.73. The monoisotopic (exact) mass is 284 g/mol. The quantitative estimate of drug-likeness (QED) is 0.443. The first-order chi connectivity index (χ1) is 7.46. The lowest BCUT2D eigenvalue weighted by Gasteiger charge is -2.12. The zero-order valence-electron chi connectivity index (χ0n) is 8.80. The van der Waals surface area contributed by atoms with Crippen molar-refractivity contribution in [1.29, 1.82) is 0 Å². The molecule has 0 amide bonds. The molecule has 0 fully saturated rings. The van der Waals surface area contributed by atoms with Crippen molar-refractivity contribution < 1.29 is 34.9 Å². The molecule has 0 aliphatic heterocycles. The van der Waals surface area contributed by atoms with Gasteiger partial charge in [0.05, 0.1) is 0 Å². The Kier molecular flexibility index (Phi) is 5.79. The summed E-state index contributed by atoms with van der Waals surface area (Å²) in [6.07, 6.45) is -6.63. The smallest absolute Gasteiger partial charge is 0.281 e. The van der Waals surface area contributed by atoms with Crippen LogP contribution in [0.2, 0.25) is 0 Å². The van der Waals surface area contributed by atoms with E-state index in [1.165, 1.54) is 0 Å². The minimum absolute atomic E-state index is 0.0567. The summed E-state index contributed by atoms with van der Waals surface area (Å²) in [6.45, 7) is 0. The molecule has 9 heteroatoms. The van der Waals surface area contributed by atoms with Gasteiger partial charge in [0, 0.05) is 12.8 Å². The fourth-order valence-electron chi connectivity index (χ4n) is 1.14. The summed E-state index contributed by atoms with van der Waals surface area (Å²) in [7, 11) is -5.43. The van der Waals surface area contributed by atoms with Crippen molar-refractivity contribution in [2.24, 2.45) is 0 Å². The van der Waals surface area contributed by atoms with E-state index in [-0.39, 0.29) is 25.7 Å². The van der Waals surface area contributed by atoms with E-state index in [9.17, 15) is 30.4 Å². The third-order valence-electron chi connectivity index (χ3n) is 2.06. The molecule has 0 radical (unpaired) electrons. The van der Waals surface area contributed by atoms with Crippen molar-refractivity contribution in [2.75, 3.05) is 0 Å². The van der Waals surface area contributed by atoms with Gasteiger partial charge >= 0.3 is 21.5 Å². The Morgan fingerprint density at radius 1 is 0.824 bits per heavy atom. The number of alkyl halides is 5. The van der Waals surface area contributed by atoms with Gasteiger partial charge in [-0.2, -0.15) is 30.4 Å². The van der Waals surface area contributed by atoms with Crippen molar-refractivity contribution in [2.45, 2.75) is 50.0 Å². The third-order valence-corrected chi connectivity index (χ3v) is 3.01. The van der Waals surface area contributed by atoms with E-state index in [2.05, 4.69) is 0 Å². The lowest BCUT2D eigenvalue weighted by Crippen LogP contribution is -2.27. The van der Waals surface area contributed by atoms with Crippen LogP contribution in [0.1, 0.15) is 38.5 Å². The first-order valence-corrected chi connectivity index (χ1v) is 6.31. The SMILES string of the molecule is O=S(=O)(O)C(F)(F)CCCCCCC(F)(F)F. The zero-order valence-corrected chi connectivity index (χ0v) is 9.62. The summed E-state index contributed by atoms with van der Waals surface area (Å²) in [5.41, 5.74) is 0. The molecule has 104 valence electrons. The molecule has 0 aliphatic carbocycles. The summed E-state index contributed by atoms with van der Waals surface area (Å²) in [5, 5.41) is -4.23. The molecule has 3 nitrogen and oxygen atoms in total. The van der Waals surface area contributed by atoms with E-state index in [1.54, 1.807) is 0 Å². The predicted molar refractivity (Wildman–Crippen MR) is 50.3 cm³/mol. The maximum Gasteiger partial charge on any atom is 0.389 e. The average Bonchev–Trinajstić information content (AvgIpc) is 2.07. The van der Waals surface area contributed by atoms with E-state index < -0.39 is 34.4 Å². The highest BCUT2D eigenvalue weighted by atomic mass is 32.2. The molecule has 0 aromatic heterocycles. The predicted octanol–water partition coefficient (Wildman–Crippen LogP) is 3.37. The minimum atomic E-state index is -5.43. The fraction of sp³-hybridized carbons (Fsp3) is 1.00. The van der Waals surface area contributed by atoms with Gasteiger partial charge in [-0.05, 0) is 12.8 Å². The van der Waals surface area contributed by atoms with Crippen LogP contribution in [-0.4, -0.2) is 24.4 Å². The molecule has 0 aromatic rings. The van der Waals surface area contributed by atoms with Gasteiger partial charge in [0.2, 0.25) is 0 Å². The van der Waals surface area contributed by atoms with Crippen LogP contribution in [-0.2, 0) is 10.1 Å². The summed E-state index contributed by atoms with van der Waals surface area (Å²) in [5.74, 6) is 0. The Morgan fingerprint density at radius 2 is 1.24 bits per heavy atom. The first-order valence-electron chi connectivity index (χ1n) is 4.87. The van der Waals surface area contributed by atoms with Gasteiger partial charge in [-0.3, -0.25) is 4.55 Å². The molecule has 17 heavy (non-hydrogen) atoms. The van der Waals surface area contributed by atoms with Crippen LogP contribution in [0.15, 0.2) is 0 Å². The number of hydrogen-bond acceptors (Lipinski definition) is 2. The lowest BCUT2D eigenvalue weighted by molar-refractivity contribution is -0.135. The zero-order chi connectivity index (χ0) is 13.7. The summed E-state index contributed by atoms with van der Waals surface area (Å²) in [4.78, 5) is 0. The molecule has 1 N–H and O–H groups in total. The minimum Gasteiger partial charge on any atom is -0.281 e. The van der Waals surface area contributed by atoms with E-state index in [0.717, 1.165) is 0 Å². The largest absolute Gasteiger partial charge is 0.389 e. The van der Waals surface area contributed by atoms with Gasteiger partial charge in [-0.25, -0.2) is 0 Å². The van der Waals surface area contributed by atoms with Crippen LogP contribution in [0.5, 0.6) is 0 Å². The highest BCUT2D eigenvalue weighted by molar-refractivity contribution is 7.86. The van der Waals surface area contributed by atoms with Gasteiger partial charge in [0.25, 0.3) is 0 Å². The Morgan fingerprint density at radius 3 is 1.59 bits per heavy atom. The van der Waals surface area contributed by atoms with Crippen LogP contribution in [0.4, 0.5) is 22.0 Å². The molecule has 0 rings (SSSR count). The van der Waals surface area contributed by atoms with Gasteiger partial charge in [0.1, 0.15) is 0 Å². The normalized spacial score (nSPS) is 14.0. The van der Waals surface area contributed by atoms with Crippen molar-refractivity contribution >= 4 is 10.1 Å². The molecule has 0 aliphatic rings. The second-order valence-corrected chi connectivity index (χ2v) is 5.19. The van der Waals surface area contributed by atoms with E-state index in [4.69, 9.17) is 4.55 Å². The van der Waals surface area contributed by atoms with Gasteiger partial charge in [0.15, 0.2) is 0 Å². The molecule has 0 aromatic carbocycles. The summed E-state index contributed by atoms with van der Waals surface area (Å²) < 4.78 is 88.7. The van der Waals surface area contributed by atoms with E-state index in [0.29, 0.717) is 0 Å². The highest BCUT2D eigenvalue weighted by Crippen LogP contribution is 2.28. The second-order valence-electron chi connectivity index (χ2n) is 3.64. The van der Waals surface area contributed by atoms with Crippen molar-refractivity contribution in [1.82, 2.24) is 0 Å².